The van der Waals surface area contributed by atoms with Crippen LogP contribution in [0.2, 0.25) is 0 Å². The molecule has 0 saturated carbocycles. The molecule has 33 heavy (non-hydrogen) atoms. The van der Waals surface area contributed by atoms with E-state index in [1.807, 2.05) is 24.3 Å². The van der Waals surface area contributed by atoms with Crippen LogP contribution in [-0.2, 0) is 0 Å². The molecule has 0 bridgehead atoms. The maximum absolute atomic E-state index is 13.1. The minimum absolute atomic E-state index is 0.105. The second-order valence-corrected chi connectivity index (χ2v) is 8.18. The van der Waals surface area contributed by atoms with E-state index in [-0.39, 0.29) is 17.6 Å². The number of fused-ring (bicyclic) bond motifs is 2. The van der Waals surface area contributed by atoms with Gasteiger partial charge >= 0.3 is 0 Å². The number of benzene rings is 2. The number of hydrogen-bond acceptors (Lipinski definition) is 6. The minimum atomic E-state index is -0.862. The number of nitrogens with zero attached hydrogens (tertiary/aromatic N) is 2. The summed E-state index contributed by atoms with van der Waals surface area (Å²) in [5, 5.41) is 7.34. The highest BCUT2D eigenvalue weighted by Crippen LogP contribution is 2.34. The molecule has 0 unspecified atom stereocenters. The van der Waals surface area contributed by atoms with Gasteiger partial charge in [-0.05, 0) is 30.3 Å². The Labute approximate surface area is 189 Å². The number of para-hydroxylation sites is 1. The number of piperidine rings is 1. The molecular formula is C23H24N6O4. The number of nitrogens with one attached hydrogen (secondary N) is 2. The fourth-order valence-electron chi connectivity index (χ4n) is 4.42. The summed E-state index contributed by atoms with van der Waals surface area (Å²) < 4.78 is 11.6. The van der Waals surface area contributed by atoms with Crippen LogP contribution in [0, 0.1) is 0 Å². The zero-order valence-electron chi connectivity index (χ0n) is 18.1. The van der Waals surface area contributed by atoms with Crippen LogP contribution in [0.4, 0.5) is 0 Å². The fraction of sp³-hybridized carbons (Fsp3) is 0.261. The van der Waals surface area contributed by atoms with Gasteiger partial charge in [0.25, 0.3) is 11.8 Å². The lowest BCUT2D eigenvalue weighted by Gasteiger charge is -2.44. The molecule has 1 saturated heterocycles. The first-order valence-corrected chi connectivity index (χ1v) is 10.6. The number of carbonyl (C=O) groups excluding carboxylic acids is 2. The van der Waals surface area contributed by atoms with Crippen molar-refractivity contribution in [2.24, 2.45) is 16.7 Å². The van der Waals surface area contributed by atoms with E-state index in [1.54, 1.807) is 30.2 Å². The van der Waals surface area contributed by atoms with Crippen molar-refractivity contribution in [2.75, 3.05) is 20.2 Å². The third-order valence-electron chi connectivity index (χ3n) is 6.23. The van der Waals surface area contributed by atoms with E-state index >= 15 is 0 Å². The Morgan fingerprint density at radius 3 is 2.73 bits per heavy atom. The van der Waals surface area contributed by atoms with Gasteiger partial charge < -0.3 is 36.3 Å². The Hall–Kier alpha value is -4.21. The summed E-state index contributed by atoms with van der Waals surface area (Å²) in [5.41, 5.74) is 7.08. The first kappa shape index (κ1) is 20.7. The molecule has 170 valence electrons. The first-order chi connectivity index (χ1) is 15.9. The van der Waals surface area contributed by atoms with Crippen molar-refractivity contribution in [3.8, 4) is 11.5 Å². The van der Waals surface area contributed by atoms with E-state index in [2.05, 4.69) is 15.4 Å². The number of methoxy groups -OCH3 is 1. The number of nitrogens with two attached hydrogens (primary N) is 2. The van der Waals surface area contributed by atoms with Gasteiger partial charge in [0.15, 0.2) is 5.72 Å². The minimum Gasteiger partial charge on any atom is -0.495 e. The molecule has 10 heteroatoms. The number of likely N-dealkylation sites (tertiary alicyclic amines) is 1. The monoisotopic (exact) mass is 448 g/mol. The number of amides is 2. The van der Waals surface area contributed by atoms with Crippen molar-refractivity contribution in [3.05, 3.63) is 59.3 Å². The predicted octanol–water partition coefficient (Wildman–Crippen LogP) is 1.51. The Bertz CT molecular complexity index is 1290. The van der Waals surface area contributed by atoms with Crippen LogP contribution in [-0.4, -0.2) is 53.5 Å². The summed E-state index contributed by atoms with van der Waals surface area (Å²) in [5.74, 6) is 6.15. The highest BCUT2D eigenvalue weighted by atomic mass is 16.5. The number of amidine groups is 1. The van der Waals surface area contributed by atoms with E-state index < -0.39 is 5.72 Å². The van der Waals surface area contributed by atoms with Crippen molar-refractivity contribution in [1.82, 2.24) is 15.2 Å². The highest BCUT2D eigenvalue weighted by Gasteiger charge is 2.43. The summed E-state index contributed by atoms with van der Waals surface area (Å²) in [6.07, 6.45) is 0.920. The number of hydrazone groups is 1. The van der Waals surface area contributed by atoms with Gasteiger partial charge in [-0.2, -0.15) is 5.10 Å². The summed E-state index contributed by atoms with van der Waals surface area (Å²) in [7, 11) is 1.60. The van der Waals surface area contributed by atoms with Crippen molar-refractivity contribution in [3.63, 3.8) is 0 Å². The Morgan fingerprint density at radius 2 is 2.00 bits per heavy atom. The van der Waals surface area contributed by atoms with Gasteiger partial charge in [-0.25, -0.2) is 0 Å². The summed E-state index contributed by atoms with van der Waals surface area (Å²) in [6, 6.07) is 12.5. The summed E-state index contributed by atoms with van der Waals surface area (Å²) >= 11 is 0. The van der Waals surface area contributed by atoms with Crippen molar-refractivity contribution < 1.29 is 19.1 Å². The van der Waals surface area contributed by atoms with E-state index in [0.717, 1.165) is 10.9 Å². The second kappa shape index (κ2) is 7.73. The molecule has 3 heterocycles. The van der Waals surface area contributed by atoms with Crippen LogP contribution in [0.15, 0.2) is 47.6 Å². The molecule has 1 fully saturated rings. The summed E-state index contributed by atoms with van der Waals surface area (Å²) in [4.78, 5) is 30.9. The quantitative estimate of drug-likeness (QED) is 0.207. The molecule has 2 amide bonds. The zero-order valence-corrected chi connectivity index (χ0v) is 18.1. The normalized spacial score (nSPS) is 17.4. The molecule has 10 nitrogen and oxygen atoms in total. The molecule has 0 aliphatic carbocycles. The Balaban J connectivity index is 1.32. The van der Waals surface area contributed by atoms with E-state index in [9.17, 15) is 9.59 Å². The number of aromatic amines is 1. The predicted molar refractivity (Wildman–Crippen MR) is 122 cm³/mol. The average molecular weight is 448 g/mol. The average Bonchev–Trinajstić information content (AvgIpc) is 3.28. The van der Waals surface area contributed by atoms with Crippen molar-refractivity contribution >= 4 is 28.6 Å². The number of H-pyrrole nitrogens is 1. The molecule has 2 aliphatic heterocycles. The van der Waals surface area contributed by atoms with Crippen LogP contribution in [0.1, 0.15) is 39.3 Å². The molecule has 2 aliphatic rings. The van der Waals surface area contributed by atoms with E-state index in [0.29, 0.717) is 54.3 Å². The van der Waals surface area contributed by atoms with Gasteiger partial charge in [-0.15, -0.1) is 0 Å². The molecule has 1 aromatic heterocycles. The molecule has 3 aromatic rings. The van der Waals surface area contributed by atoms with E-state index in [4.69, 9.17) is 21.1 Å². The van der Waals surface area contributed by atoms with Crippen LogP contribution >= 0.6 is 0 Å². The molecule has 2 aromatic carbocycles. The van der Waals surface area contributed by atoms with Crippen LogP contribution in [0.25, 0.3) is 10.9 Å². The largest absolute Gasteiger partial charge is 0.495 e. The number of ether oxygens (including phenoxy) is 2. The standard InChI is InChI=1S/C23H24N6O4/c1-32-18-4-2-3-13-12-16(26-19(13)18)22(31)29-9-7-23(8-10-29)27-21(30)15-11-14(20(24)28-25)5-6-17(15)33-23/h2-6,11-12,26H,7-10,25H2,1H3,(H2,24,28)(H,27,30). The molecule has 5 rings (SSSR count). The Kier molecular flexibility index (Phi) is 4.85. The third kappa shape index (κ3) is 3.49. The number of aromatic nitrogens is 1. The van der Waals surface area contributed by atoms with Gasteiger partial charge in [0.2, 0.25) is 0 Å². The van der Waals surface area contributed by atoms with Gasteiger partial charge in [-0.1, -0.05) is 12.1 Å². The summed E-state index contributed by atoms with van der Waals surface area (Å²) in [6.45, 7) is 0.873. The molecule has 0 radical (unpaired) electrons. The highest BCUT2D eigenvalue weighted by molar-refractivity contribution is 6.03. The zero-order chi connectivity index (χ0) is 23.2. The Morgan fingerprint density at radius 1 is 1.21 bits per heavy atom. The van der Waals surface area contributed by atoms with Gasteiger partial charge in [0.05, 0.1) is 18.2 Å². The number of carbonyl (C=O) groups is 2. The first-order valence-electron chi connectivity index (χ1n) is 10.6. The number of hydrogen-bond donors (Lipinski definition) is 4. The topological polar surface area (TPSA) is 148 Å². The lowest BCUT2D eigenvalue weighted by molar-refractivity contribution is -0.0246. The molecule has 6 N–H and O–H groups in total. The van der Waals surface area contributed by atoms with Crippen LogP contribution in [0.5, 0.6) is 11.5 Å². The lowest BCUT2D eigenvalue weighted by atomic mass is 9.96. The van der Waals surface area contributed by atoms with Gasteiger partial charge in [-0.3, -0.25) is 9.59 Å². The van der Waals surface area contributed by atoms with E-state index in [1.165, 1.54) is 0 Å². The smallest absolute Gasteiger partial charge is 0.270 e. The maximum atomic E-state index is 13.1. The molecule has 0 atom stereocenters. The second-order valence-electron chi connectivity index (χ2n) is 8.18. The fourth-order valence-corrected chi connectivity index (χ4v) is 4.42. The van der Waals surface area contributed by atoms with Crippen LogP contribution < -0.4 is 26.4 Å². The number of rotatable bonds is 3. The van der Waals surface area contributed by atoms with Crippen molar-refractivity contribution in [1.29, 1.82) is 0 Å². The lowest BCUT2D eigenvalue weighted by Crippen LogP contribution is -2.61. The van der Waals surface area contributed by atoms with Crippen molar-refractivity contribution in [2.45, 2.75) is 18.6 Å². The third-order valence-corrected chi connectivity index (χ3v) is 6.23. The van der Waals surface area contributed by atoms with Gasteiger partial charge in [0.1, 0.15) is 23.0 Å². The SMILES string of the molecule is COc1cccc2cc(C(=O)N3CCC4(CC3)NC(=O)c3cc(C(N)=NN)ccc3O4)[nH]c12. The molecular weight excluding hydrogens is 424 g/mol. The van der Waals surface area contributed by atoms with Gasteiger partial charge in [0, 0.05) is 36.9 Å². The maximum Gasteiger partial charge on any atom is 0.270 e. The molecule has 1 spiro atoms. The van der Waals surface area contributed by atoms with Crippen LogP contribution in [0.3, 0.4) is 0 Å².